The average Bonchev–Trinajstić information content (AvgIpc) is 3.61. The number of nitrogens with one attached hydrogen (secondary N) is 1. The molecule has 2 amide bonds. The topological polar surface area (TPSA) is 84.4 Å². The minimum Gasteiger partial charge on any atom is -0.497 e. The number of benzene rings is 1. The van der Waals surface area contributed by atoms with Gasteiger partial charge in [0.25, 0.3) is 5.91 Å². The number of nitrogens with zero attached hydrogens (tertiary/aromatic N) is 3. The van der Waals surface area contributed by atoms with E-state index in [1.54, 1.807) is 13.3 Å². The van der Waals surface area contributed by atoms with E-state index in [-0.39, 0.29) is 23.9 Å². The Balaban J connectivity index is 1.50. The quantitative estimate of drug-likeness (QED) is 0.740. The predicted octanol–water partition coefficient (Wildman–Crippen LogP) is 3.37. The third-order valence-electron chi connectivity index (χ3n) is 6.02. The van der Waals surface area contributed by atoms with Gasteiger partial charge in [0.1, 0.15) is 11.6 Å². The number of amides is 2. The lowest BCUT2D eigenvalue weighted by Gasteiger charge is -2.36. The van der Waals surface area contributed by atoms with Crippen LogP contribution in [0.2, 0.25) is 0 Å². The first-order chi connectivity index (χ1) is 15.0. The van der Waals surface area contributed by atoms with Crippen molar-refractivity contribution >= 4 is 11.8 Å². The number of rotatable bonds is 7. The SMILES string of the molecule is COc1ccc(CCC(=O)N2CCCC[C@@H]2c2nc(C)ncc2C(=O)NC2CC2)cc1. The molecule has 1 aromatic carbocycles. The Labute approximate surface area is 183 Å². The molecule has 2 fully saturated rings. The minimum atomic E-state index is -0.182. The summed E-state index contributed by atoms with van der Waals surface area (Å²) in [6, 6.07) is 7.89. The molecule has 2 heterocycles. The zero-order valence-corrected chi connectivity index (χ0v) is 18.3. The third-order valence-corrected chi connectivity index (χ3v) is 6.02. The van der Waals surface area contributed by atoms with Gasteiger partial charge in [0, 0.05) is 25.2 Å². The lowest BCUT2D eigenvalue weighted by molar-refractivity contribution is -0.135. The van der Waals surface area contributed by atoms with Crippen molar-refractivity contribution in [1.82, 2.24) is 20.2 Å². The van der Waals surface area contributed by atoms with Crippen LogP contribution in [0.1, 0.15) is 72.0 Å². The number of aromatic nitrogens is 2. The van der Waals surface area contributed by atoms with Crippen molar-refractivity contribution in [2.24, 2.45) is 0 Å². The number of carbonyl (C=O) groups excluding carboxylic acids is 2. The van der Waals surface area contributed by atoms with Crippen molar-refractivity contribution in [3.63, 3.8) is 0 Å². The van der Waals surface area contributed by atoms with Crippen LogP contribution in [0.15, 0.2) is 30.5 Å². The van der Waals surface area contributed by atoms with Gasteiger partial charge in [-0.1, -0.05) is 12.1 Å². The minimum absolute atomic E-state index is 0.102. The van der Waals surface area contributed by atoms with Gasteiger partial charge in [0.15, 0.2) is 0 Å². The van der Waals surface area contributed by atoms with Crippen LogP contribution < -0.4 is 10.1 Å². The van der Waals surface area contributed by atoms with E-state index < -0.39 is 0 Å². The van der Waals surface area contributed by atoms with E-state index in [9.17, 15) is 9.59 Å². The Bertz CT molecular complexity index is 940. The second-order valence-corrected chi connectivity index (χ2v) is 8.41. The average molecular weight is 423 g/mol. The summed E-state index contributed by atoms with van der Waals surface area (Å²) in [6.07, 6.45) is 7.55. The first kappa shape index (κ1) is 21.3. The molecule has 7 heteroatoms. The maximum atomic E-state index is 13.2. The lowest BCUT2D eigenvalue weighted by atomic mass is 9.95. The summed E-state index contributed by atoms with van der Waals surface area (Å²) in [7, 11) is 1.64. The van der Waals surface area contributed by atoms with E-state index in [2.05, 4.69) is 15.3 Å². The summed E-state index contributed by atoms with van der Waals surface area (Å²) in [6.45, 7) is 2.52. The highest BCUT2D eigenvalue weighted by molar-refractivity contribution is 5.95. The molecule has 1 aromatic heterocycles. The number of piperidine rings is 1. The highest BCUT2D eigenvalue weighted by atomic mass is 16.5. The number of hydrogen-bond acceptors (Lipinski definition) is 5. The molecule has 31 heavy (non-hydrogen) atoms. The molecule has 4 rings (SSSR count). The van der Waals surface area contributed by atoms with Crippen molar-refractivity contribution in [2.45, 2.75) is 64.0 Å². The van der Waals surface area contributed by atoms with Gasteiger partial charge in [-0.25, -0.2) is 9.97 Å². The molecule has 2 aromatic rings. The molecular formula is C24H30N4O3. The van der Waals surface area contributed by atoms with Crippen LogP contribution in [0.5, 0.6) is 5.75 Å². The fraction of sp³-hybridized carbons (Fsp3) is 0.500. The first-order valence-corrected chi connectivity index (χ1v) is 11.1. The molecule has 0 radical (unpaired) electrons. The maximum Gasteiger partial charge on any atom is 0.255 e. The highest BCUT2D eigenvalue weighted by Crippen LogP contribution is 2.33. The lowest BCUT2D eigenvalue weighted by Crippen LogP contribution is -2.40. The number of methoxy groups -OCH3 is 1. The van der Waals surface area contributed by atoms with E-state index in [0.29, 0.717) is 36.5 Å². The Hall–Kier alpha value is -2.96. The summed E-state index contributed by atoms with van der Waals surface area (Å²) >= 11 is 0. The zero-order chi connectivity index (χ0) is 21.8. The van der Waals surface area contributed by atoms with Crippen molar-refractivity contribution in [1.29, 1.82) is 0 Å². The number of hydrogen-bond donors (Lipinski definition) is 1. The fourth-order valence-corrected chi connectivity index (χ4v) is 4.11. The van der Waals surface area contributed by atoms with Gasteiger partial charge in [0.2, 0.25) is 5.91 Å². The monoisotopic (exact) mass is 422 g/mol. The molecule has 164 valence electrons. The van der Waals surface area contributed by atoms with E-state index in [0.717, 1.165) is 43.4 Å². The van der Waals surface area contributed by atoms with Crippen LogP contribution in [0.25, 0.3) is 0 Å². The van der Waals surface area contributed by atoms with Gasteiger partial charge in [-0.05, 0) is 63.1 Å². The summed E-state index contributed by atoms with van der Waals surface area (Å²) in [4.78, 5) is 36.8. The molecule has 0 bridgehead atoms. The molecule has 1 aliphatic heterocycles. The molecule has 7 nitrogen and oxygen atoms in total. The van der Waals surface area contributed by atoms with Crippen LogP contribution in [0.3, 0.4) is 0 Å². The number of carbonyl (C=O) groups is 2. The predicted molar refractivity (Wildman–Crippen MR) is 117 cm³/mol. The molecule has 1 N–H and O–H groups in total. The Morgan fingerprint density at radius 1 is 1.16 bits per heavy atom. The largest absolute Gasteiger partial charge is 0.497 e. The highest BCUT2D eigenvalue weighted by Gasteiger charge is 2.33. The molecule has 1 saturated carbocycles. The van der Waals surface area contributed by atoms with E-state index >= 15 is 0 Å². The van der Waals surface area contributed by atoms with Crippen molar-refractivity contribution < 1.29 is 14.3 Å². The Kier molecular flexibility index (Phi) is 6.49. The second-order valence-electron chi connectivity index (χ2n) is 8.41. The van der Waals surface area contributed by atoms with Crippen LogP contribution in [0.4, 0.5) is 0 Å². The van der Waals surface area contributed by atoms with Gasteiger partial charge in [-0.2, -0.15) is 0 Å². The standard InChI is InChI=1S/C24H30N4O3/c1-16-25-15-20(24(30)27-18-9-10-18)23(26-16)21-5-3-4-14-28(21)22(29)13-8-17-6-11-19(31-2)12-7-17/h6-7,11-12,15,18,21H,3-5,8-10,13-14H2,1-2H3,(H,27,30)/t21-/m1/s1. The molecule has 2 aliphatic rings. The van der Waals surface area contributed by atoms with E-state index in [1.165, 1.54) is 0 Å². The summed E-state index contributed by atoms with van der Waals surface area (Å²) in [5.41, 5.74) is 2.28. The summed E-state index contributed by atoms with van der Waals surface area (Å²) in [5, 5.41) is 3.04. The zero-order valence-electron chi connectivity index (χ0n) is 18.3. The van der Waals surface area contributed by atoms with Crippen LogP contribution in [0, 0.1) is 6.92 Å². The molecule has 1 saturated heterocycles. The molecule has 1 aliphatic carbocycles. The molecular weight excluding hydrogens is 392 g/mol. The second kappa shape index (κ2) is 9.45. The smallest absolute Gasteiger partial charge is 0.255 e. The van der Waals surface area contributed by atoms with Crippen LogP contribution >= 0.6 is 0 Å². The molecule has 0 spiro atoms. The van der Waals surface area contributed by atoms with Crippen molar-refractivity contribution in [3.8, 4) is 5.75 Å². The Morgan fingerprint density at radius 3 is 2.65 bits per heavy atom. The van der Waals surface area contributed by atoms with Gasteiger partial charge in [0.05, 0.1) is 24.4 Å². The van der Waals surface area contributed by atoms with Crippen molar-refractivity contribution in [3.05, 3.63) is 53.1 Å². The number of aryl methyl sites for hydroxylation is 2. The van der Waals surface area contributed by atoms with Gasteiger partial charge < -0.3 is 15.0 Å². The normalized spacial score (nSPS) is 18.5. The number of ether oxygens (including phenoxy) is 1. The first-order valence-electron chi connectivity index (χ1n) is 11.1. The summed E-state index contributed by atoms with van der Waals surface area (Å²) in [5.74, 6) is 1.40. The van der Waals surface area contributed by atoms with E-state index in [1.807, 2.05) is 36.1 Å². The van der Waals surface area contributed by atoms with Crippen molar-refractivity contribution in [2.75, 3.05) is 13.7 Å². The molecule has 1 atom stereocenters. The third kappa shape index (κ3) is 5.21. The van der Waals surface area contributed by atoms with Crippen LogP contribution in [-0.2, 0) is 11.2 Å². The summed E-state index contributed by atoms with van der Waals surface area (Å²) < 4.78 is 5.20. The maximum absolute atomic E-state index is 13.2. The van der Waals surface area contributed by atoms with Gasteiger partial charge in [-0.3, -0.25) is 9.59 Å². The number of likely N-dealkylation sites (tertiary alicyclic amines) is 1. The fourth-order valence-electron chi connectivity index (χ4n) is 4.11. The van der Waals surface area contributed by atoms with Crippen LogP contribution in [-0.4, -0.2) is 46.4 Å². The van der Waals surface area contributed by atoms with E-state index in [4.69, 9.17) is 4.74 Å². The Morgan fingerprint density at radius 2 is 1.94 bits per heavy atom. The molecule has 0 unspecified atom stereocenters. The van der Waals surface area contributed by atoms with Gasteiger partial charge in [-0.15, -0.1) is 0 Å². The van der Waals surface area contributed by atoms with Gasteiger partial charge >= 0.3 is 0 Å².